The van der Waals surface area contributed by atoms with E-state index in [-0.39, 0.29) is 17.0 Å². The van der Waals surface area contributed by atoms with Gasteiger partial charge in [-0.1, -0.05) is 15.9 Å². The molecule has 0 aliphatic heterocycles. The molecule has 6 heteroatoms. The van der Waals surface area contributed by atoms with Crippen molar-refractivity contribution in [1.82, 2.24) is 0 Å². The highest BCUT2D eigenvalue weighted by molar-refractivity contribution is 9.10. The van der Waals surface area contributed by atoms with Crippen LogP contribution in [0.1, 0.15) is 0 Å². The molecular formula is C10H5BrFN3O. The Morgan fingerprint density at radius 3 is 2.56 bits per heavy atom. The predicted molar refractivity (Wildman–Crippen MR) is 58.7 cm³/mol. The number of nitrogens with zero attached hydrogens (tertiary/aromatic N) is 2. The molecule has 80 valence electrons. The van der Waals surface area contributed by atoms with E-state index in [9.17, 15) is 9.50 Å². The van der Waals surface area contributed by atoms with Gasteiger partial charge in [0.05, 0.1) is 0 Å². The lowest BCUT2D eigenvalue weighted by molar-refractivity contribution is 0.472. The number of phenols is 1. The zero-order valence-corrected chi connectivity index (χ0v) is 9.42. The number of nitriles is 2. The van der Waals surface area contributed by atoms with Crippen LogP contribution in [-0.2, 0) is 0 Å². The Hall–Kier alpha value is -2.05. The van der Waals surface area contributed by atoms with Gasteiger partial charge in [0.25, 0.3) is 0 Å². The summed E-state index contributed by atoms with van der Waals surface area (Å²) in [6.07, 6.45) is 1.02. The number of aromatic hydroxyl groups is 1. The first-order valence-electron chi connectivity index (χ1n) is 4.03. The third-order valence-corrected chi connectivity index (χ3v) is 2.09. The fraction of sp³-hybridized carbons (Fsp3) is 0. The highest BCUT2D eigenvalue weighted by Crippen LogP contribution is 2.30. The number of hydrogen-bond donors (Lipinski definition) is 2. The van der Waals surface area contributed by atoms with Crippen LogP contribution in [0.15, 0.2) is 28.4 Å². The second kappa shape index (κ2) is 5.15. The third kappa shape index (κ3) is 2.72. The van der Waals surface area contributed by atoms with Gasteiger partial charge in [0.2, 0.25) is 0 Å². The largest absolute Gasteiger partial charge is 0.506 e. The van der Waals surface area contributed by atoms with E-state index in [1.165, 1.54) is 6.07 Å². The van der Waals surface area contributed by atoms with Crippen LogP contribution in [0.2, 0.25) is 0 Å². The van der Waals surface area contributed by atoms with Crippen LogP contribution in [0, 0.1) is 28.5 Å². The minimum Gasteiger partial charge on any atom is -0.506 e. The third-order valence-electron chi connectivity index (χ3n) is 1.64. The molecule has 1 aromatic rings. The van der Waals surface area contributed by atoms with E-state index in [4.69, 9.17) is 10.5 Å². The molecule has 0 aliphatic carbocycles. The normalized spacial score (nSPS) is 8.75. The van der Waals surface area contributed by atoms with Crippen molar-refractivity contribution in [2.45, 2.75) is 0 Å². The molecule has 1 aromatic carbocycles. The smallest absolute Gasteiger partial charge is 0.151 e. The summed E-state index contributed by atoms with van der Waals surface area (Å²) < 4.78 is 13.7. The second-order valence-corrected chi connectivity index (χ2v) is 3.62. The van der Waals surface area contributed by atoms with Crippen LogP contribution in [0.4, 0.5) is 10.1 Å². The van der Waals surface area contributed by atoms with E-state index in [1.54, 1.807) is 12.1 Å². The molecule has 1 rings (SSSR count). The number of anilines is 1. The van der Waals surface area contributed by atoms with Gasteiger partial charge in [-0.3, -0.25) is 0 Å². The molecule has 0 fully saturated rings. The van der Waals surface area contributed by atoms with Gasteiger partial charge in [0, 0.05) is 10.7 Å². The Morgan fingerprint density at radius 2 is 2.06 bits per heavy atom. The van der Waals surface area contributed by atoms with E-state index >= 15 is 0 Å². The van der Waals surface area contributed by atoms with Crippen LogP contribution in [0.3, 0.4) is 0 Å². The standard InChI is InChI=1S/C10H5BrFN3O/c11-7-1-8(12)10(9(16)2-7)15-5-6(3-13)4-14/h1-2,5,15-16H. The Bertz CT molecular complexity index is 489. The van der Waals surface area contributed by atoms with Crippen LogP contribution in [-0.4, -0.2) is 5.11 Å². The van der Waals surface area contributed by atoms with Crippen molar-refractivity contribution in [3.05, 3.63) is 34.2 Å². The zero-order valence-electron chi connectivity index (χ0n) is 7.83. The molecule has 0 heterocycles. The summed E-state index contributed by atoms with van der Waals surface area (Å²) in [6.45, 7) is 0. The number of benzene rings is 1. The van der Waals surface area contributed by atoms with Gasteiger partial charge in [-0.25, -0.2) is 4.39 Å². The SMILES string of the molecule is N#CC(C#N)=CNc1c(O)cc(Br)cc1F. The van der Waals surface area contributed by atoms with Gasteiger partial charge in [-0.15, -0.1) is 0 Å². The van der Waals surface area contributed by atoms with Crippen molar-refractivity contribution in [3.63, 3.8) is 0 Å². The minimum absolute atomic E-state index is 0.189. The molecule has 0 amide bonds. The van der Waals surface area contributed by atoms with Gasteiger partial charge >= 0.3 is 0 Å². The average Bonchev–Trinajstić information content (AvgIpc) is 2.22. The molecule has 0 saturated carbocycles. The predicted octanol–water partition coefficient (Wildman–Crippen LogP) is 2.64. The maximum atomic E-state index is 13.3. The molecule has 0 bridgehead atoms. The topological polar surface area (TPSA) is 79.8 Å². The van der Waals surface area contributed by atoms with Gasteiger partial charge in [0.1, 0.15) is 29.1 Å². The molecule has 0 unspecified atom stereocenters. The molecule has 0 saturated heterocycles. The monoisotopic (exact) mass is 281 g/mol. The van der Waals surface area contributed by atoms with Crippen molar-refractivity contribution in [1.29, 1.82) is 10.5 Å². The van der Waals surface area contributed by atoms with Gasteiger partial charge < -0.3 is 10.4 Å². The van der Waals surface area contributed by atoms with E-state index in [0.29, 0.717) is 4.47 Å². The maximum absolute atomic E-state index is 13.3. The second-order valence-electron chi connectivity index (χ2n) is 2.71. The van der Waals surface area contributed by atoms with Crippen LogP contribution < -0.4 is 5.32 Å². The lowest BCUT2D eigenvalue weighted by Gasteiger charge is -2.05. The van der Waals surface area contributed by atoms with E-state index in [0.717, 1.165) is 12.3 Å². The summed E-state index contributed by atoms with van der Waals surface area (Å²) >= 11 is 3.01. The highest BCUT2D eigenvalue weighted by atomic mass is 79.9. The highest BCUT2D eigenvalue weighted by Gasteiger charge is 2.08. The number of allylic oxidation sites excluding steroid dienone is 1. The lowest BCUT2D eigenvalue weighted by atomic mass is 10.2. The molecule has 0 spiro atoms. The molecule has 0 atom stereocenters. The quantitative estimate of drug-likeness (QED) is 0.645. The Labute approximate surface area is 99.4 Å². The van der Waals surface area contributed by atoms with Crippen molar-refractivity contribution in [3.8, 4) is 17.9 Å². The fourth-order valence-electron chi connectivity index (χ4n) is 0.937. The number of rotatable bonds is 2. The van der Waals surface area contributed by atoms with Gasteiger partial charge in [0.15, 0.2) is 5.82 Å². The molecule has 0 radical (unpaired) electrons. The maximum Gasteiger partial charge on any atom is 0.151 e. The Kier molecular flexibility index (Phi) is 3.87. The summed E-state index contributed by atoms with van der Waals surface area (Å²) in [5.74, 6) is -1.02. The minimum atomic E-state index is -0.696. The van der Waals surface area contributed by atoms with Crippen molar-refractivity contribution in [2.24, 2.45) is 0 Å². The first-order chi connectivity index (χ1) is 7.58. The van der Waals surface area contributed by atoms with E-state index in [2.05, 4.69) is 21.2 Å². The first kappa shape index (κ1) is 12.0. The zero-order chi connectivity index (χ0) is 12.1. The molecular weight excluding hydrogens is 277 g/mol. The molecule has 16 heavy (non-hydrogen) atoms. The van der Waals surface area contributed by atoms with E-state index in [1.807, 2.05) is 0 Å². The van der Waals surface area contributed by atoms with Crippen molar-refractivity contribution >= 4 is 21.6 Å². The summed E-state index contributed by atoms with van der Waals surface area (Å²) in [4.78, 5) is 0. The number of hydrogen-bond acceptors (Lipinski definition) is 4. The van der Waals surface area contributed by atoms with Crippen molar-refractivity contribution in [2.75, 3.05) is 5.32 Å². The molecule has 2 N–H and O–H groups in total. The summed E-state index contributed by atoms with van der Waals surface area (Å²) in [7, 11) is 0. The molecule has 4 nitrogen and oxygen atoms in total. The Balaban J connectivity index is 3.05. The fourth-order valence-corrected chi connectivity index (χ4v) is 1.35. The summed E-state index contributed by atoms with van der Waals surface area (Å²) in [6, 6.07) is 5.63. The summed E-state index contributed by atoms with van der Waals surface area (Å²) in [5, 5.41) is 28.6. The summed E-state index contributed by atoms with van der Waals surface area (Å²) in [5.41, 5.74) is -0.409. The Morgan fingerprint density at radius 1 is 1.44 bits per heavy atom. The van der Waals surface area contributed by atoms with Crippen LogP contribution in [0.25, 0.3) is 0 Å². The molecule has 0 aromatic heterocycles. The number of halogens is 2. The average molecular weight is 282 g/mol. The van der Waals surface area contributed by atoms with Crippen molar-refractivity contribution < 1.29 is 9.50 Å². The van der Waals surface area contributed by atoms with Gasteiger partial charge in [-0.2, -0.15) is 10.5 Å². The first-order valence-corrected chi connectivity index (χ1v) is 4.82. The molecule has 0 aliphatic rings. The van der Waals surface area contributed by atoms with Gasteiger partial charge in [-0.05, 0) is 12.1 Å². The van der Waals surface area contributed by atoms with Crippen LogP contribution in [0.5, 0.6) is 5.75 Å². The number of nitrogens with one attached hydrogen (secondary N) is 1. The van der Waals surface area contributed by atoms with E-state index < -0.39 is 5.82 Å². The lowest BCUT2D eigenvalue weighted by Crippen LogP contribution is -1.94. The van der Waals surface area contributed by atoms with Crippen LogP contribution >= 0.6 is 15.9 Å². The number of phenolic OH excluding ortho intramolecular Hbond substituents is 1.